The third kappa shape index (κ3) is 1.99. The molecule has 2 rings (SSSR count). The Kier molecular flexibility index (Phi) is 3.35. The van der Waals surface area contributed by atoms with E-state index in [1.54, 1.807) is 6.92 Å². The normalized spacial score (nSPS) is 31.8. The van der Waals surface area contributed by atoms with Gasteiger partial charge in [-0.25, -0.2) is 0 Å². The maximum Gasteiger partial charge on any atom is 0.277 e. The number of nitrogens with two attached hydrogens (primary N) is 1. The Morgan fingerprint density at radius 2 is 2.17 bits per heavy atom. The van der Waals surface area contributed by atoms with Crippen LogP contribution in [0.15, 0.2) is 11.0 Å². The Balaban J connectivity index is 2.38. The molecule has 8 heteroatoms. The highest BCUT2D eigenvalue weighted by molar-refractivity contribution is 5.21. The molecule has 0 saturated carbocycles. The number of aryl methyl sites for hydroxylation is 1. The minimum absolute atomic E-state index is 0.125. The Bertz CT molecular complexity index is 503. The van der Waals surface area contributed by atoms with Gasteiger partial charge >= 0.3 is 0 Å². The molecule has 0 bridgehead atoms. The summed E-state index contributed by atoms with van der Waals surface area (Å²) in [6.07, 6.45) is -2.97. The van der Waals surface area contributed by atoms with E-state index in [-0.39, 0.29) is 5.95 Å². The van der Waals surface area contributed by atoms with Crippen molar-refractivity contribution in [3.8, 4) is 0 Å². The zero-order valence-electron chi connectivity index (χ0n) is 9.72. The van der Waals surface area contributed by atoms with Gasteiger partial charge in [0.05, 0.1) is 6.61 Å². The van der Waals surface area contributed by atoms with E-state index >= 15 is 0 Å². The zero-order chi connectivity index (χ0) is 13.4. The average molecular weight is 257 g/mol. The molecule has 1 aromatic rings. The zero-order valence-corrected chi connectivity index (χ0v) is 9.72. The summed E-state index contributed by atoms with van der Waals surface area (Å²) in [5, 5.41) is 28.4. The molecule has 18 heavy (non-hydrogen) atoms. The summed E-state index contributed by atoms with van der Waals surface area (Å²) in [6, 6.07) is 0. The van der Waals surface area contributed by atoms with Crippen LogP contribution in [0.3, 0.4) is 0 Å². The molecular weight excluding hydrogens is 242 g/mol. The number of nitrogens with zero attached hydrogens (tertiary/aromatic N) is 2. The topological polar surface area (TPSA) is 131 Å². The van der Waals surface area contributed by atoms with Crippen molar-refractivity contribution in [2.75, 3.05) is 12.3 Å². The maximum absolute atomic E-state index is 11.3. The molecule has 0 spiro atoms. The molecule has 100 valence electrons. The van der Waals surface area contributed by atoms with Crippen LogP contribution in [0.2, 0.25) is 0 Å². The average Bonchev–Trinajstić information content (AvgIpc) is 2.61. The Morgan fingerprint density at radius 3 is 2.72 bits per heavy atom. The molecule has 0 unspecified atom stereocenters. The summed E-state index contributed by atoms with van der Waals surface area (Å²) in [5.74, 6) is -0.125. The van der Waals surface area contributed by atoms with Crippen LogP contribution in [0.1, 0.15) is 11.8 Å². The highest BCUT2D eigenvalue weighted by atomic mass is 16.6. The van der Waals surface area contributed by atoms with Gasteiger partial charge in [0.15, 0.2) is 6.23 Å². The smallest absolute Gasteiger partial charge is 0.277 e. The highest BCUT2D eigenvalue weighted by Gasteiger charge is 2.43. The quantitative estimate of drug-likeness (QED) is 0.470. The van der Waals surface area contributed by atoms with E-state index in [1.807, 2.05) is 0 Å². The van der Waals surface area contributed by atoms with Gasteiger partial charge in [-0.15, -0.1) is 0 Å². The fourth-order valence-electron chi connectivity index (χ4n) is 1.89. The number of hydrogen-bond donors (Lipinski definition) is 4. The van der Waals surface area contributed by atoms with Gasteiger partial charge in [0.25, 0.3) is 5.56 Å². The minimum atomic E-state index is -1.26. The van der Waals surface area contributed by atoms with E-state index in [0.717, 1.165) is 0 Å². The lowest BCUT2D eigenvalue weighted by Gasteiger charge is -2.20. The van der Waals surface area contributed by atoms with Gasteiger partial charge in [0, 0.05) is 11.8 Å². The number of anilines is 1. The number of rotatable bonds is 2. The Morgan fingerprint density at radius 1 is 1.50 bits per heavy atom. The molecule has 1 saturated heterocycles. The maximum atomic E-state index is 11.3. The number of hydrogen-bond acceptors (Lipinski definition) is 7. The van der Waals surface area contributed by atoms with Crippen molar-refractivity contribution >= 4 is 5.95 Å². The molecule has 1 aliphatic rings. The van der Waals surface area contributed by atoms with Gasteiger partial charge in [-0.05, 0) is 6.92 Å². The second-order valence-corrected chi connectivity index (χ2v) is 4.22. The standard InChI is InChI=1S/C10H15N3O5/c1-4-2-13(10(11)12-8(4)17)9-7(16)6(15)5(3-14)18-9/h2,5-7,9,14-16H,3H2,1H3,(H2,11,12,17)/t5-,6-,7+,9-/m1/s1. The number of aliphatic hydroxyl groups is 3. The third-order valence-corrected chi connectivity index (χ3v) is 2.94. The molecule has 4 atom stereocenters. The van der Waals surface area contributed by atoms with Crippen LogP contribution in [0.5, 0.6) is 0 Å². The first-order chi connectivity index (χ1) is 8.45. The molecule has 0 aromatic carbocycles. The lowest BCUT2D eigenvalue weighted by molar-refractivity contribution is -0.0523. The van der Waals surface area contributed by atoms with Gasteiger partial charge in [-0.3, -0.25) is 9.36 Å². The van der Waals surface area contributed by atoms with E-state index in [0.29, 0.717) is 5.56 Å². The van der Waals surface area contributed by atoms with Crippen LogP contribution >= 0.6 is 0 Å². The molecule has 0 amide bonds. The van der Waals surface area contributed by atoms with Crippen molar-refractivity contribution in [3.63, 3.8) is 0 Å². The minimum Gasteiger partial charge on any atom is -0.394 e. The van der Waals surface area contributed by atoms with Crippen LogP contribution in [0.25, 0.3) is 0 Å². The van der Waals surface area contributed by atoms with E-state index in [2.05, 4.69) is 4.98 Å². The number of aromatic nitrogens is 2. The molecule has 1 aromatic heterocycles. The van der Waals surface area contributed by atoms with Crippen LogP contribution in [-0.2, 0) is 4.74 Å². The first kappa shape index (κ1) is 13.0. The van der Waals surface area contributed by atoms with Crippen molar-refractivity contribution in [1.82, 2.24) is 9.55 Å². The molecule has 1 aliphatic heterocycles. The lowest BCUT2D eigenvalue weighted by atomic mass is 10.1. The van der Waals surface area contributed by atoms with E-state index < -0.39 is 36.7 Å². The number of nitrogen functional groups attached to an aromatic ring is 1. The number of aliphatic hydroxyl groups excluding tert-OH is 3. The summed E-state index contributed by atoms with van der Waals surface area (Å²) in [7, 11) is 0. The molecule has 0 radical (unpaired) electrons. The van der Waals surface area contributed by atoms with Crippen molar-refractivity contribution in [2.45, 2.75) is 31.5 Å². The summed E-state index contributed by atoms with van der Waals surface area (Å²) >= 11 is 0. The molecule has 1 fully saturated rings. The fraction of sp³-hybridized carbons (Fsp3) is 0.600. The Hall–Kier alpha value is -1.48. The second-order valence-electron chi connectivity index (χ2n) is 4.22. The van der Waals surface area contributed by atoms with E-state index in [1.165, 1.54) is 10.8 Å². The van der Waals surface area contributed by atoms with Crippen LogP contribution in [0, 0.1) is 6.92 Å². The predicted molar refractivity (Wildman–Crippen MR) is 60.7 cm³/mol. The van der Waals surface area contributed by atoms with Crippen LogP contribution < -0.4 is 11.3 Å². The monoisotopic (exact) mass is 257 g/mol. The first-order valence-corrected chi connectivity index (χ1v) is 5.43. The SMILES string of the molecule is Cc1cn([C@@H]2O[C@H](CO)[C@@H](O)[C@@H]2O)c(N)nc1=O. The summed E-state index contributed by atoms with van der Waals surface area (Å²) in [5.41, 5.74) is 5.45. The van der Waals surface area contributed by atoms with Crippen molar-refractivity contribution in [1.29, 1.82) is 0 Å². The van der Waals surface area contributed by atoms with Gasteiger partial charge in [-0.1, -0.05) is 0 Å². The Labute approximate surface area is 102 Å². The fourth-order valence-corrected chi connectivity index (χ4v) is 1.89. The second kappa shape index (κ2) is 4.65. The van der Waals surface area contributed by atoms with Crippen molar-refractivity contribution in [2.24, 2.45) is 0 Å². The van der Waals surface area contributed by atoms with Gasteiger partial charge < -0.3 is 25.8 Å². The van der Waals surface area contributed by atoms with Gasteiger partial charge in [-0.2, -0.15) is 4.98 Å². The molecule has 5 N–H and O–H groups in total. The van der Waals surface area contributed by atoms with E-state index in [4.69, 9.17) is 15.6 Å². The van der Waals surface area contributed by atoms with Gasteiger partial charge in [0.2, 0.25) is 5.95 Å². The predicted octanol–water partition coefficient (Wildman–Crippen LogP) is -2.25. The molecule has 8 nitrogen and oxygen atoms in total. The summed E-state index contributed by atoms with van der Waals surface area (Å²) in [4.78, 5) is 14.9. The van der Waals surface area contributed by atoms with Crippen LogP contribution in [0.4, 0.5) is 5.95 Å². The summed E-state index contributed by atoms with van der Waals surface area (Å²) < 4.78 is 6.55. The molecule has 0 aliphatic carbocycles. The van der Waals surface area contributed by atoms with Gasteiger partial charge in [0.1, 0.15) is 18.3 Å². The molecule has 2 heterocycles. The van der Waals surface area contributed by atoms with Crippen LogP contribution in [-0.4, -0.2) is 49.8 Å². The molecular formula is C10H15N3O5. The number of ether oxygens (including phenoxy) is 1. The van der Waals surface area contributed by atoms with Crippen molar-refractivity contribution < 1.29 is 20.1 Å². The van der Waals surface area contributed by atoms with E-state index in [9.17, 15) is 15.0 Å². The highest BCUT2D eigenvalue weighted by Crippen LogP contribution is 2.30. The lowest BCUT2D eigenvalue weighted by Crippen LogP contribution is -2.33. The largest absolute Gasteiger partial charge is 0.394 e. The first-order valence-electron chi connectivity index (χ1n) is 5.43. The van der Waals surface area contributed by atoms with Crippen molar-refractivity contribution in [3.05, 3.63) is 22.1 Å². The summed E-state index contributed by atoms with van der Waals surface area (Å²) in [6.45, 7) is 1.12. The third-order valence-electron chi connectivity index (χ3n) is 2.94.